The Bertz CT molecular complexity index is 930. The molecule has 4 aliphatic heterocycles. The smallest absolute Gasteiger partial charge is 0.307 e. The van der Waals surface area contributed by atoms with Crippen molar-refractivity contribution in [1.29, 1.82) is 0 Å². The first-order valence-electron chi connectivity index (χ1n) is 12.2. The van der Waals surface area contributed by atoms with E-state index in [1.807, 2.05) is 29.2 Å². The molecule has 0 spiro atoms. The van der Waals surface area contributed by atoms with E-state index in [0.29, 0.717) is 17.6 Å². The maximum absolute atomic E-state index is 13.6. The molecule has 2 aromatic rings. The number of halogens is 1. The van der Waals surface area contributed by atoms with Gasteiger partial charge in [-0.3, -0.25) is 4.79 Å². The number of thioether (sulfide) groups is 1. The van der Waals surface area contributed by atoms with Crippen LogP contribution in [0, 0.1) is 11.7 Å². The Labute approximate surface area is 204 Å². The van der Waals surface area contributed by atoms with E-state index in [2.05, 4.69) is 22.4 Å². The van der Waals surface area contributed by atoms with Crippen LogP contribution in [0.4, 0.5) is 4.39 Å². The third-order valence-electron chi connectivity index (χ3n) is 7.73. The molecule has 1 unspecified atom stereocenters. The van der Waals surface area contributed by atoms with Crippen molar-refractivity contribution in [2.45, 2.75) is 37.0 Å². The lowest BCUT2D eigenvalue weighted by atomic mass is 9.83. The average molecular weight is 490 g/mol. The van der Waals surface area contributed by atoms with Crippen LogP contribution in [0.5, 0.6) is 0 Å². The Morgan fingerprint density at radius 1 is 1.21 bits per heavy atom. The molecule has 4 fully saturated rings. The summed E-state index contributed by atoms with van der Waals surface area (Å²) in [7, 11) is 0. The lowest BCUT2D eigenvalue weighted by Crippen LogP contribution is -2.65. The van der Waals surface area contributed by atoms with Crippen molar-refractivity contribution < 1.29 is 18.4 Å². The van der Waals surface area contributed by atoms with E-state index in [9.17, 15) is 9.18 Å². The van der Waals surface area contributed by atoms with Crippen LogP contribution in [0.3, 0.4) is 0 Å². The number of carbonyl (C=O) groups excluding carboxylic acids is 1. The molecule has 2 bridgehead atoms. The Morgan fingerprint density at radius 3 is 2.88 bits per heavy atom. The topological polar surface area (TPSA) is 29.5 Å². The number of nitrogens with zero attached hydrogens (tertiary/aromatic N) is 2. The minimum atomic E-state index is -0.161. The number of piperidine rings is 3. The Hall–Kier alpha value is -1.41. The normalized spacial score (nSPS) is 29.8. The zero-order chi connectivity index (χ0) is 22.7. The highest BCUT2D eigenvalue weighted by Crippen LogP contribution is 2.37. The maximum Gasteiger partial charge on any atom is 0.307 e. The first-order chi connectivity index (χ1) is 16.1. The van der Waals surface area contributed by atoms with E-state index in [1.165, 1.54) is 10.9 Å². The lowest BCUT2D eigenvalue weighted by molar-refractivity contribution is -0.946. The molecule has 7 heteroatoms. The van der Waals surface area contributed by atoms with Gasteiger partial charge in [0.1, 0.15) is 12.4 Å². The summed E-state index contributed by atoms with van der Waals surface area (Å²) in [6.45, 7) is 7.09. The molecule has 0 radical (unpaired) electrons. The number of ether oxygens (including phenoxy) is 1. The molecule has 1 aromatic heterocycles. The molecule has 2 atom stereocenters. The first-order valence-corrected chi connectivity index (χ1v) is 14.2. The molecule has 1 aromatic carbocycles. The molecule has 6 rings (SSSR count). The van der Waals surface area contributed by atoms with Crippen molar-refractivity contribution >= 4 is 29.1 Å². The van der Waals surface area contributed by atoms with Crippen LogP contribution < -0.4 is 0 Å². The predicted octanol–water partition coefficient (Wildman–Crippen LogP) is 4.76. The zero-order valence-corrected chi connectivity index (χ0v) is 20.8. The standard InChI is InChI=1S/C26H34FN2O2S2/c27-22-4-1-3-20(17-22)7-12-29-13-8-21(9-14-29)23(19-29)31-26(30)6-10-28-11-16-33-25(18-28)24-5-2-15-32-24/h1-5,15,17,21,23,25H,6-14,16,18-19H2/q+1/t21?,23-,25?,29?/m1/s1. The van der Waals surface area contributed by atoms with E-state index in [1.54, 1.807) is 12.1 Å². The van der Waals surface area contributed by atoms with Gasteiger partial charge < -0.3 is 14.1 Å². The fourth-order valence-corrected chi connectivity index (χ4v) is 8.03. The summed E-state index contributed by atoms with van der Waals surface area (Å²) in [5.74, 6) is 1.43. The second kappa shape index (κ2) is 10.5. The number of hydrogen-bond donors (Lipinski definition) is 0. The van der Waals surface area contributed by atoms with Crippen molar-refractivity contribution in [2.75, 3.05) is 51.6 Å². The van der Waals surface area contributed by atoms with Crippen molar-refractivity contribution in [1.82, 2.24) is 4.90 Å². The summed E-state index contributed by atoms with van der Waals surface area (Å²) >= 11 is 3.86. The minimum absolute atomic E-state index is 0.0390. The van der Waals surface area contributed by atoms with Crippen LogP contribution in [0.1, 0.15) is 35.0 Å². The van der Waals surface area contributed by atoms with Gasteiger partial charge in [0.05, 0.1) is 31.3 Å². The van der Waals surface area contributed by atoms with Crippen LogP contribution in [-0.2, 0) is 16.0 Å². The van der Waals surface area contributed by atoms with Gasteiger partial charge in [-0.25, -0.2) is 4.39 Å². The number of thiophene rings is 1. The number of rotatable bonds is 8. The molecule has 4 nitrogen and oxygen atoms in total. The molecule has 5 heterocycles. The quantitative estimate of drug-likeness (QED) is 0.395. The molecule has 0 aliphatic carbocycles. The van der Waals surface area contributed by atoms with Gasteiger partial charge in [-0.2, -0.15) is 11.8 Å². The highest BCUT2D eigenvalue weighted by Gasteiger charge is 2.47. The van der Waals surface area contributed by atoms with Gasteiger partial charge in [-0.1, -0.05) is 18.2 Å². The molecule has 4 aliphatic rings. The van der Waals surface area contributed by atoms with Gasteiger partial charge in [-0.05, 0) is 29.1 Å². The molecule has 0 N–H and O–H groups in total. The molecule has 0 amide bonds. The second-order valence-corrected chi connectivity index (χ2v) is 12.2. The summed E-state index contributed by atoms with van der Waals surface area (Å²) in [5, 5.41) is 2.67. The summed E-state index contributed by atoms with van der Waals surface area (Å²) < 4.78 is 20.6. The monoisotopic (exact) mass is 489 g/mol. The van der Waals surface area contributed by atoms with Crippen LogP contribution >= 0.6 is 23.1 Å². The number of benzene rings is 1. The van der Waals surface area contributed by atoms with Gasteiger partial charge >= 0.3 is 5.97 Å². The zero-order valence-electron chi connectivity index (χ0n) is 19.2. The summed E-state index contributed by atoms with van der Waals surface area (Å²) in [6.07, 6.45) is 3.67. The van der Waals surface area contributed by atoms with Crippen LogP contribution in [0.2, 0.25) is 0 Å². The third kappa shape index (κ3) is 5.81. The van der Waals surface area contributed by atoms with Crippen LogP contribution in [-0.4, -0.2) is 73.0 Å². The first kappa shape index (κ1) is 23.3. The molecule has 33 heavy (non-hydrogen) atoms. The largest absolute Gasteiger partial charge is 0.456 e. The Morgan fingerprint density at radius 2 is 2.09 bits per heavy atom. The number of carbonyl (C=O) groups is 1. The van der Waals surface area contributed by atoms with Crippen molar-refractivity contribution in [3.8, 4) is 0 Å². The average Bonchev–Trinajstić information content (AvgIpc) is 3.38. The summed E-state index contributed by atoms with van der Waals surface area (Å²) in [6, 6.07) is 11.3. The van der Waals surface area contributed by atoms with Crippen LogP contribution in [0.15, 0.2) is 41.8 Å². The summed E-state index contributed by atoms with van der Waals surface area (Å²) in [5.41, 5.74) is 1.06. The van der Waals surface area contributed by atoms with Gasteiger partial charge in [0.15, 0.2) is 6.10 Å². The Balaban J connectivity index is 1.10. The molecule has 4 saturated heterocycles. The third-order valence-corrected chi connectivity index (χ3v) is 10.1. The van der Waals surface area contributed by atoms with E-state index < -0.39 is 0 Å². The van der Waals surface area contributed by atoms with Crippen LogP contribution in [0.25, 0.3) is 0 Å². The second-order valence-electron chi connectivity index (χ2n) is 9.87. The lowest BCUT2D eigenvalue weighted by Gasteiger charge is -2.52. The number of fused-ring (bicyclic) bond motifs is 3. The number of esters is 1. The van der Waals surface area contributed by atoms with E-state index in [0.717, 1.165) is 80.9 Å². The Kier molecular flexibility index (Phi) is 7.40. The van der Waals surface area contributed by atoms with Gasteiger partial charge in [0.25, 0.3) is 0 Å². The minimum Gasteiger partial charge on any atom is -0.456 e. The van der Waals surface area contributed by atoms with Crippen molar-refractivity contribution in [3.05, 3.63) is 58.0 Å². The maximum atomic E-state index is 13.6. The van der Waals surface area contributed by atoms with Crippen molar-refractivity contribution in [2.24, 2.45) is 5.92 Å². The van der Waals surface area contributed by atoms with Gasteiger partial charge in [-0.15, -0.1) is 11.3 Å². The van der Waals surface area contributed by atoms with Crippen molar-refractivity contribution in [3.63, 3.8) is 0 Å². The molecule has 178 valence electrons. The van der Waals surface area contributed by atoms with E-state index in [4.69, 9.17) is 4.74 Å². The molecular weight excluding hydrogens is 455 g/mol. The number of hydrogen-bond acceptors (Lipinski definition) is 5. The molecule has 0 saturated carbocycles. The fraction of sp³-hybridized carbons (Fsp3) is 0.577. The SMILES string of the molecule is O=C(CCN1CCSC(c2cccs2)C1)O[C@@H]1C[N+]2(CCc3cccc(F)c3)CCC1CC2. The molecular formula is C26H34FN2O2S2+. The fourth-order valence-electron chi connectivity index (χ4n) is 5.76. The number of quaternary nitrogens is 1. The highest BCUT2D eigenvalue weighted by molar-refractivity contribution is 7.99. The predicted molar refractivity (Wildman–Crippen MR) is 133 cm³/mol. The summed E-state index contributed by atoms with van der Waals surface area (Å²) in [4.78, 5) is 16.6. The van der Waals surface area contributed by atoms with E-state index >= 15 is 0 Å². The van der Waals surface area contributed by atoms with Gasteiger partial charge in [0, 0.05) is 55.4 Å². The highest BCUT2D eigenvalue weighted by atomic mass is 32.2. The van der Waals surface area contributed by atoms with Gasteiger partial charge in [0.2, 0.25) is 0 Å². The van der Waals surface area contributed by atoms with E-state index in [-0.39, 0.29) is 17.9 Å².